The summed E-state index contributed by atoms with van der Waals surface area (Å²) in [6, 6.07) is 19.4. The molecular formula is C24H16BrF2N3OS. The van der Waals surface area contributed by atoms with E-state index in [2.05, 4.69) is 26.2 Å². The predicted octanol–water partition coefficient (Wildman–Crippen LogP) is 6.56. The van der Waals surface area contributed by atoms with Crippen LogP contribution in [0, 0.1) is 11.6 Å². The van der Waals surface area contributed by atoms with Gasteiger partial charge in [-0.15, -0.1) is 0 Å². The molecule has 3 heterocycles. The number of benzene rings is 2. The minimum atomic E-state index is -0.407. The highest BCUT2D eigenvalue weighted by molar-refractivity contribution is 9.10. The first-order valence-corrected chi connectivity index (χ1v) is 11.0. The summed E-state index contributed by atoms with van der Waals surface area (Å²) in [5.74, 6) is 0.254. The van der Waals surface area contributed by atoms with Crippen molar-refractivity contribution in [3.63, 3.8) is 0 Å². The Balaban J connectivity index is 1.60. The number of furan rings is 1. The van der Waals surface area contributed by atoms with E-state index in [9.17, 15) is 8.78 Å². The van der Waals surface area contributed by atoms with Gasteiger partial charge in [-0.1, -0.05) is 22.0 Å². The van der Waals surface area contributed by atoms with Gasteiger partial charge >= 0.3 is 0 Å². The first-order valence-electron chi connectivity index (χ1n) is 9.82. The maximum Gasteiger partial charge on any atom is 0.174 e. The molecule has 1 aliphatic rings. The topological polar surface area (TPSA) is 41.3 Å². The Kier molecular flexibility index (Phi) is 5.48. The van der Waals surface area contributed by atoms with E-state index in [0.717, 1.165) is 5.69 Å². The van der Waals surface area contributed by atoms with E-state index in [1.54, 1.807) is 36.5 Å². The first-order chi connectivity index (χ1) is 15.5. The largest absolute Gasteiger partial charge is 0.459 e. The van der Waals surface area contributed by atoms with Crippen LogP contribution in [0.4, 0.5) is 14.5 Å². The van der Waals surface area contributed by atoms with Gasteiger partial charge in [-0.25, -0.2) is 8.78 Å². The van der Waals surface area contributed by atoms with Gasteiger partial charge in [0.15, 0.2) is 5.11 Å². The lowest BCUT2D eigenvalue weighted by molar-refractivity contribution is 0.438. The average molecular weight is 512 g/mol. The molecule has 4 aromatic rings. The van der Waals surface area contributed by atoms with E-state index >= 15 is 0 Å². The van der Waals surface area contributed by atoms with Crippen LogP contribution >= 0.6 is 28.1 Å². The van der Waals surface area contributed by atoms with Crippen molar-refractivity contribution in [1.82, 2.24) is 10.3 Å². The molecule has 1 N–H and O–H groups in total. The molecule has 160 valence electrons. The van der Waals surface area contributed by atoms with Gasteiger partial charge in [0.1, 0.15) is 29.2 Å². The van der Waals surface area contributed by atoms with E-state index in [-0.39, 0.29) is 11.9 Å². The molecule has 0 saturated carbocycles. The average Bonchev–Trinajstić information content (AvgIpc) is 3.39. The summed E-state index contributed by atoms with van der Waals surface area (Å²) in [6.07, 6.45) is 1.71. The highest BCUT2D eigenvalue weighted by Crippen LogP contribution is 2.43. The van der Waals surface area contributed by atoms with Crippen molar-refractivity contribution in [2.75, 3.05) is 4.90 Å². The molecule has 0 unspecified atom stereocenters. The fourth-order valence-corrected chi connectivity index (χ4v) is 4.55. The third-order valence-corrected chi connectivity index (χ3v) is 6.13. The smallest absolute Gasteiger partial charge is 0.174 e. The molecule has 2 atom stereocenters. The second-order valence-corrected chi connectivity index (χ2v) is 8.60. The Morgan fingerprint density at radius 1 is 1.00 bits per heavy atom. The zero-order valence-corrected chi connectivity index (χ0v) is 18.9. The zero-order valence-electron chi connectivity index (χ0n) is 16.5. The van der Waals surface area contributed by atoms with Crippen molar-refractivity contribution in [2.24, 2.45) is 0 Å². The summed E-state index contributed by atoms with van der Waals surface area (Å²) in [5, 5.41) is 3.77. The number of aromatic nitrogens is 1. The molecule has 0 bridgehead atoms. The molecular weight excluding hydrogens is 496 g/mol. The van der Waals surface area contributed by atoms with Crippen LogP contribution < -0.4 is 10.2 Å². The summed E-state index contributed by atoms with van der Waals surface area (Å²) in [6.45, 7) is 0. The van der Waals surface area contributed by atoms with Crippen molar-refractivity contribution in [3.05, 3.63) is 107 Å². The van der Waals surface area contributed by atoms with E-state index in [1.807, 2.05) is 29.2 Å². The number of nitrogens with zero attached hydrogens (tertiary/aromatic N) is 2. The Morgan fingerprint density at radius 3 is 2.53 bits per heavy atom. The van der Waals surface area contributed by atoms with Gasteiger partial charge in [0.2, 0.25) is 0 Å². The monoisotopic (exact) mass is 511 g/mol. The number of thiocarbonyl (C=S) groups is 1. The van der Waals surface area contributed by atoms with Gasteiger partial charge in [-0.05, 0) is 78.9 Å². The second kappa shape index (κ2) is 8.44. The van der Waals surface area contributed by atoms with Gasteiger partial charge in [-0.3, -0.25) is 4.98 Å². The number of anilines is 1. The van der Waals surface area contributed by atoms with Gasteiger partial charge in [0.05, 0.1) is 17.3 Å². The summed E-state index contributed by atoms with van der Waals surface area (Å²) in [5.41, 5.74) is 1.84. The van der Waals surface area contributed by atoms with E-state index in [0.29, 0.717) is 32.4 Å². The van der Waals surface area contributed by atoms with Gasteiger partial charge in [-0.2, -0.15) is 0 Å². The van der Waals surface area contributed by atoms with Crippen molar-refractivity contribution in [1.29, 1.82) is 0 Å². The van der Waals surface area contributed by atoms with Crippen LogP contribution in [0.2, 0.25) is 0 Å². The molecule has 0 amide bonds. The van der Waals surface area contributed by atoms with Crippen molar-refractivity contribution >= 4 is 38.9 Å². The summed E-state index contributed by atoms with van der Waals surface area (Å²) < 4.78 is 34.9. The maximum absolute atomic E-state index is 14.5. The number of pyridine rings is 1. The molecule has 8 heteroatoms. The normalized spacial score (nSPS) is 18.1. The maximum atomic E-state index is 14.5. The minimum Gasteiger partial charge on any atom is -0.459 e. The molecule has 1 fully saturated rings. The van der Waals surface area contributed by atoms with E-state index < -0.39 is 11.9 Å². The second-order valence-electron chi connectivity index (χ2n) is 7.30. The molecule has 0 spiro atoms. The standard InChI is InChI=1S/C24H16BrF2N3OS/c25-14-4-9-17(18(27)13-14)20-10-11-21(31-20)23-22(19-3-1-2-12-28-19)29-24(32)30(23)16-7-5-15(26)6-8-16/h1-13,22-23H,(H,29,32)/t22-,23+/m0/s1. The first kappa shape index (κ1) is 20.8. The van der Waals surface area contributed by atoms with Crippen molar-refractivity contribution in [2.45, 2.75) is 12.1 Å². The molecule has 1 saturated heterocycles. The van der Waals surface area contributed by atoms with Gasteiger partial charge < -0.3 is 14.6 Å². The van der Waals surface area contributed by atoms with E-state index in [4.69, 9.17) is 16.6 Å². The zero-order chi connectivity index (χ0) is 22.2. The molecule has 5 rings (SSSR count). The molecule has 0 aliphatic carbocycles. The lowest BCUT2D eigenvalue weighted by atomic mass is 10.0. The molecule has 2 aromatic carbocycles. The van der Waals surface area contributed by atoms with Gasteiger partial charge in [0.25, 0.3) is 0 Å². The third-order valence-electron chi connectivity index (χ3n) is 5.32. The number of hydrogen-bond acceptors (Lipinski definition) is 3. The molecule has 32 heavy (non-hydrogen) atoms. The fourth-order valence-electron chi connectivity index (χ4n) is 3.87. The van der Waals surface area contributed by atoms with Crippen molar-refractivity contribution in [3.8, 4) is 11.3 Å². The summed E-state index contributed by atoms with van der Waals surface area (Å²) in [7, 11) is 0. The van der Waals surface area contributed by atoms with Crippen LogP contribution in [0.5, 0.6) is 0 Å². The Bertz CT molecular complexity index is 1280. The Labute approximate surface area is 197 Å². The van der Waals surface area contributed by atoms with Gasteiger partial charge in [0, 0.05) is 16.4 Å². The minimum absolute atomic E-state index is 0.317. The van der Waals surface area contributed by atoms with Crippen molar-refractivity contribution < 1.29 is 13.2 Å². The van der Waals surface area contributed by atoms with Crippen LogP contribution in [0.3, 0.4) is 0 Å². The fraction of sp³-hybridized carbons (Fsp3) is 0.0833. The highest BCUT2D eigenvalue weighted by Gasteiger charge is 2.42. The number of rotatable bonds is 4. The molecule has 4 nitrogen and oxygen atoms in total. The highest BCUT2D eigenvalue weighted by atomic mass is 79.9. The molecule has 1 aliphatic heterocycles. The van der Waals surface area contributed by atoms with Crippen LogP contribution in [0.25, 0.3) is 11.3 Å². The Hall–Kier alpha value is -3.10. The lowest BCUT2D eigenvalue weighted by Gasteiger charge is -2.26. The van der Waals surface area contributed by atoms with Crippen LogP contribution in [-0.4, -0.2) is 10.1 Å². The number of halogens is 3. The third kappa shape index (κ3) is 3.80. The Morgan fingerprint density at radius 2 is 1.81 bits per heavy atom. The SMILES string of the molecule is Fc1ccc(N2C(=S)N[C@@H](c3ccccn3)[C@H]2c2ccc(-c3ccc(Br)cc3F)o2)cc1. The van der Waals surface area contributed by atoms with Crippen LogP contribution in [0.15, 0.2) is 87.9 Å². The predicted molar refractivity (Wildman–Crippen MR) is 126 cm³/mol. The number of nitrogens with one attached hydrogen (secondary N) is 1. The van der Waals surface area contributed by atoms with E-state index in [1.165, 1.54) is 18.2 Å². The summed E-state index contributed by atoms with van der Waals surface area (Å²) >= 11 is 8.90. The molecule has 0 radical (unpaired) electrons. The van der Waals surface area contributed by atoms with Crippen LogP contribution in [0.1, 0.15) is 23.5 Å². The number of hydrogen-bond donors (Lipinski definition) is 1. The molecule has 2 aromatic heterocycles. The quantitative estimate of drug-likeness (QED) is 0.314. The van der Waals surface area contributed by atoms with Crippen LogP contribution in [-0.2, 0) is 0 Å². The lowest BCUT2D eigenvalue weighted by Crippen LogP contribution is -2.29. The summed E-state index contributed by atoms with van der Waals surface area (Å²) in [4.78, 5) is 6.36.